The van der Waals surface area contributed by atoms with Crippen LogP contribution in [0.15, 0.2) is 0 Å². The largest absolute Gasteiger partial charge is 0.254 e. The van der Waals surface area contributed by atoms with Gasteiger partial charge >= 0.3 is 0 Å². The molecule has 8 heavy (non-hydrogen) atoms. The third-order valence-electron chi connectivity index (χ3n) is 0.447. The van der Waals surface area contributed by atoms with Gasteiger partial charge in [0.1, 0.15) is 0 Å². The molecule has 0 heterocycles. The van der Waals surface area contributed by atoms with Crippen molar-refractivity contribution >= 4 is 17.0 Å². The molecular formula is C3H10BrNO3. The van der Waals surface area contributed by atoms with Gasteiger partial charge in [-0.2, -0.15) is 0 Å². The first-order chi connectivity index (χ1) is 3.35. The van der Waals surface area contributed by atoms with Gasteiger partial charge in [-0.15, -0.1) is 17.0 Å². The molecule has 0 saturated heterocycles. The van der Waals surface area contributed by atoms with Crippen LogP contribution < -0.4 is 0 Å². The van der Waals surface area contributed by atoms with Crippen molar-refractivity contribution in [3.05, 3.63) is 0 Å². The number of hydrogen-bond donors (Lipinski definition) is 0. The highest BCUT2D eigenvalue weighted by Crippen LogP contribution is 1.83. The third-order valence-corrected chi connectivity index (χ3v) is 0.447. The molecule has 0 aromatic rings. The first-order valence-corrected chi connectivity index (χ1v) is 1.77. The van der Waals surface area contributed by atoms with Crippen LogP contribution in [0.25, 0.3) is 0 Å². The van der Waals surface area contributed by atoms with E-state index in [0.29, 0.717) is 0 Å². The molecule has 0 aromatic carbocycles. The standard InChI is InChI=1S/C3H9NO3.BrH/c1-5-4(6-2)7-3;/h1-3H3;1H. The van der Waals surface area contributed by atoms with E-state index in [2.05, 4.69) is 14.5 Å². The van der Waals surface area contributed by atoms with Crippen LogP contribution in [-0.4, -0.2) is 26.7 Å². The van der Waals surface area contributed by atoms with Crippen LogP contribution in [-0.2, 0) is 14.5 Å². The first kappa shape index (κ1) is 11.2. The van der Waals surface area contributed by atoms with E-state index in [1.807, 2.05) is 0 Å². The van der Waals surface area contributed by atoms with Crippen LogP contribution in [0, 0.1) is 0 Å². The molecule has 5 heteroatoms. The molecule has 4 nitrogen and oxygen atoms in total. The average molecular weight is 188 g/mol. The Balaban J connectivity index is 0. The minimum absolute atomic E-state index is 0. The molecule has 0 aliphatic carbocycles. The molecule has 0 rings (SSSR count). The summed E-state index contributed by atoms with van der Waals surface area (Å²) in [6.45, 7) is 0. The van der Waals surface area contributed by atoms with Gasteiger partial charge in [-0.05, 0) is 0 Å². The topological polar surface area (TPSA) is 30.9 Å². The van der Waals surface area contributed by atoms with E-state index in [0.717, 1.165) is 5.39 Å². The van der Waals surface area contributed by atoms with Gasteiger partial charge in [-0.25, -0.2) is 0 Å². The Labute approximate surface area is 58.9 Å². The second-order valence-corrected chi connectivity index (χ2v) is 0.771. The van der Waals surface area contributed by atoms with Gasteiger partial charge in [0.2, 0.25) is 0 Å². The number of halogens is 1. The Morgan fingerprint density at radius 2 is 1.12 bits per heavy atom. The minimum Gasteiger partial charge on any atom is -0.254 e. The van der Waals surface area contributed by atoms with Gasteiger partial charge in [0, 0.05) is 0 Å². The smallest absolute Gasteiger partial charge is 0.0758 e. The van der Waals surface area contributed by atoms with Gasteiger partial charge in [0.25, 0.3) is 0 Å². The summed E-state index contributed by atoms with van der Waals surface area (Å²) in [6, 6.07) is 0. The van der Waals surface area contributed by atoms with Crippen LogP contribution in [0.2, 0.25) is 0 Å². The average Bonchev–Trinajstić information content (AvgIpc) is 1.72. The first-order valence-electron chi connectivity index (χ1n) is 1.77. The summed E-state index contributed by atoms with van der Waals surface area (Å²) in [5, 5.41) is 0.875. The van der Waals surface area contributed by atoms with E-state index >= 15 is 0 Å². The summed E-state index contributed by atoms with van der Waals surface area (Å²) < 4.78 is 0. The van der Waals surface area contributed by atoms with Crippen LogP contribution in [0.1, 0.15) is 0 Å². The zero-order chi connectivity index (χ0) is 5.70. The number of hydrogen-bond acceptors (Lipinski definition) is 4. The summed E-state index contributed by atoms with van der Waals surface area (Å²) in [6.07, 6.45) is 0. The Morgan fingerprint density at radius 3 is 1.12 bits per heavy atom. The zero-order valence-electron chi connectivity index (χ0n) is 5.08. The van der Waals surface area contributed by atoms with Crippen molar-refractivity contribution in [2.45, 2.75) is 0 Å². The minimum atomic E-state index is 0. The van der Waals surface area contributed by atoms with Crippen molar-refractivity contribution in [1.29, 1.82) is 0 Å². The number of rotatable bonds is 3. The van der Waals surface area contributed by atoms with Crippen LogP contribution in [0.5, 0.6) is 0 Å². The Morgan fingerprint density at radius 1 is 0.875 bits per heavy atom. The number of nitrogens with zero attached hydrogens (tertiary/aromatic N) is 1. The normalized spacial score (nSPS) is 9.00. The predicted molar refractivity (Wildman–Crippen MR) is 33.2 cm³/mol. The molecule has 0 saturated carbocycles. The second kappa shape index (κ2) is 7.32. The lowest BCUT2D eigenvalue weighted by Gasteiger charge is -2.10. The second-order valence-electron chi connectivity index (χ2n) is 0.771. The van der Waals surface area contributed by atoms with Gasteiger partial charge in [0.05, 0.1) is 26.7 Å². The third kappa shape index (κ3) is 4.48. The van der Waals surface area contributed by atoms with Crippen LogP contribution >= 0.6 is 17.0 Å². The molecule has 0 aliphatic rings. The van der Waals surface area contributed by atoms with Crippen molar-refractivity contribution in [2.24, 2.45) is 0 Å². The SMILES string of the molecule is Br.CON(OC)OC. The van der Waals surface area contributed by atoms with Crippen LogP contribution in [0.3, 0.4) is 0 Å². The predicted octanol–water partition coefficient (Wildman–Crippen LogP) is 0.550. The van der Waals surface area contributed by atoms with Crippen molar-refractivity contribution in [3.8, 4) is 0 Å². The van der Waals surface area contributed by atoms with E-state index in [-0.39, 0.29) is 17.0 Å². The van der Waals surface area contributed by atoms with Gasteiger partial charge in [-0.3, -0.25) is 14.5 Å². The maximum Gasteiger partial charge on any atom is 0.0758 e. The van der Waals surface area contributed by atoms with Gasteiger partial charge in [0.15, 0.2) is 0 Å². The van der Waals surface area contributed by atoms with Gasteiger partial charge in [-0.1, -0.05) is 0 Å². The molecule has 0 N–H and O–H groups in total. The fourth-order valence-electron chi connectivity index (χ4n) is 0.224. The summed E-state index contributed by atoms with van der Waals surface area (Å²) in [7, 11) is 4.31. The van der Waals surface area contributed by atoms with E-state index in [9.17, 15) is 0 Å². The molecule has 0 unspecified atom stereocenters. The molecule has 0 aromatic heterocycles. The van der Waals surface area contributed by atoms with Crippen LogP contribution in [0.4, 0.5) is 0 Å². The lowest BCUT2D eigenvalue weighted by atomic mass is 11.7. The molecule has 0 radical (unpaired) electrons. The molecule has 0 bridgehead atoms. The molecule has 0 aliphatic heterocycles. The van der Waals surface area contributed by atoms with E-state index in [1.165, 1.54) is 21.3 Å². The van der Waals surface area contributed by atoms with E-state index < -0.39 is 0 Å². The van der Waals surface area contributed by atoms with E-state index in [4.69, 9.17) is 0 Å². The molecule has 0 atom stereocenters. The highest BCUT2D eigenvalue weighted by Gasteiger charge is 1.92. The molecule has 0 spiro atoms. The zero-order valence-corrected chi connectivity index (χ0v) is 6.79. The molecule has 0 fully saturated rings. The Kier molecular flexibility index (Phi) is 10.2. The Bertz CT molecular complexity index is 36.0. The Hall–Kier alpha value is 0.320. The highest BCUT2D eigenvalue weighted by atomic mass is 79.9. The van der Waals surface area contributed by atoms with Crippen molar-refractivity contribution in [1.82, 2.24) is 5.39 Å². The maximum absolute atomic E-state index is 4.44. The fraction of sp³-hybridized carbons (Fsp3) is 1.00. The quantitative estimate of drug-likeness (QED) is 0.605. The fourth-order valence-corrected chi connectivity index (χ4v) is 0.224. The molecule has 52 valence electrons. The molecule has 0 amide bonds. The highest BCUT2D eigenvalue weighted by molar-refractivity contribution is 8.93. The summed E-state index contributed by atoms with van der Waals surface area (Å²) in [4.78, 5) is 13.3. The van der Waals surface area contributed by atoms with Crippen molar-refractivity contribution < 1.29 is 14.5 Å². The van der Waals surface area contributed by atoms with E-state index in [1.54, 1.807) is 0 Å². The lowest BCUT2D eigenvalue weighted by molar-refractivity contribution is -0.502. The summed E-state index contributed by atoms with van der Waals surface area (Å²) in [5.74, 6) is 0. The van der Waals surface area contributed by atoms with Gasteiger partial charge < -0.3 is 0 Å². The lowest BCUT2D eigenvalue weighted by Crippen LogP contribution is -2.18. The van der Waals surface area contributed by atoms with Crippen molar-refractivity contribution in [3.63, 3.8) is 0 Å². The molecular weight excluding hydrogens is 178 g/mol. The summed E-state index contributed by atoms with van der Waals surface area (Å²) in [5.41, 5.74) is 0. The summed E-state index contributed by atoms with van der Waals surface area (Å²) >= 11 is 0. The maximum atomic E-state index is 4.44. The van der Waals surface area contributed by atoms with Crippen molar-refractivity contribution in [2.75, 3.05) is 21.3 Å². The monoisotopic (exact) mass is 187 g/mol.